The summed E-state index contributed by atoms with van der Waals surface area (Å²) in [6, 6.07) is -1.02. The molecule has 17 heavy (non-hydrogen) atoms. The highest BCUT2D eigenvalue weighted by atomic mass is 35.6. The second-order valence-corrected chi connectivity index (χ2v) is 6.37. The number of aliphatic carboxylic acids is 1. The lowest BCUT2D eigenvalue weighted by Gasteiger charge is -2.17. The molecule has 0 spiro atoms. The van der Waals surface area contributed by atoms with E-state index in [2.05, 4.69) is 10.1 Å². The van der Waals surface area contributed by atoms with Crippen LogP contribution in [-0.2, 0) is 9.53 Å². The lowest BCUT2D eigenvalue weighted by Crippen LogP contribution is -2.42. The van der Waals surface area contributed by atoms with Crippen LogP contribution in [0.4, 0.5) is 4.79 Å². The maximum Gasteiger partial charge on any atom is 0.407 e. The summed E-state index contributed by atoms with van der Waals surface area (Å²) in [5.74, 6) is -1.02. The van der Waals surface area contributed by atoms with Crippen molar-refractivity contribution >= 4 is 46.9 Å². The van der Waals surface area contributed by atoms with Gasteiger partial charge in [-0.3, -0.25) is 0 Å². The predicted octanol–water partition coefficient (Wildman–Crippen LogP) is 2.58. The smallest absolute Gasteiger partial charge is 0.407 e. The molecule has 0 heterocycles. The van der Waals surface area contributed by atoms with Crippen LogP contribution in [0.5, 0.6) is 0 Å². The Morgan fingerprint density at radius 2 is 1.88 bits per heavy atom. The lowest BCUT2D eigenvalue weighted by molar-refractivity contribution is -0.139. The Balaban J connectivity index is 4.18. The predicted molar refractivity (Wildman–Crippen MR) is 65.7 cm³/mol. The monoisotopic (exact) mass is 305 g/mol. The number of alkyl carbamates (subject to hydrolysis) is 1. The molecule has 0 aliphatic rings. The molecular weight excluding hydrogens is 292 g/mol. The van der Waals surface area contributed by atoms with Gasteiger partial charge < -0.3 is 15.2 Å². The lowest BCUT2D eigenvalue weighted by atomic mass is 10.0. The van der Waals surface area contributed by atoms with Crippen molar-refractivity contribution in [2.24, 2.45) is 5.92 Å². The summed E-state index contributed by atoms with van der Waals surface area (Å²) >= 11 is 16.1. The minimum atomic E-state index is -1.71. The topological polar surface area (TPSA) is 75.6 Å². The van der Waals surface area contributed by atoms with Crippen LogP contribution in [0.1, 0.15) is 20.3 Å². The highest BCUT2D eigenvalue weighted by Gasteiger charge is 2.25. The average Bonchev–Trinajstić information content (AvgIpc) is 2.11. The molecule has 0 saturated carbocycles. The number of halogens is 3. The first-order chi connectivity index (χ1) is 7.61. The van der Waals surface area contributed by atoms with Gasteiger partial charge >= 0.3 is 12.1 Å². The second-order valence-electron chi connectivity index (χ2n) is 3.86. The molecule has 0 aromatic carbocycles. The van der Waals surface area contributed by atoms with E-state index in [0.717, 1.165) is 0 Å². The van der Waals surface area contributed by atoms with E-state index in [-0.39, 0.29) is 12.3 Å². The van der Waals surface area contributed by atoms with Crippen molar-refractivity contribution in [1.82, 2.24) is 5.32 Å². The van der Waals surface area contributed by atoms with Crippen LogP contribution in [0, 0.1) is 5.92 Å². The molecule has 0 bridgehead atoms. The number of nitrogens with one attached hydrogen (secondary N) is 1. The number of hydrogen-bond donors (Lipinski definition) is 2. The first-order valence-electron chi connectivity index (χ1n) is 4.84. The molecule has 8 heteroatoms. The molecule has 0 aliphatic carbocycles. The van der Waals surface area contributed by atoms with E-state index in [1.807, 2.05) is 13.8 Å². The Morgan fingerprint density at radius 1 is 1.35 bits per heavy atom. The molecule has 1 unspecified atom stereocenters. The van der Waals surface area contributed by atoms with Crippen LogP contribution in [0.15, 0.2) is 0 Å². The molecule has 0 aliphatic heterocycles. The van der Waals surface area contributed by atoms with Crippen LogP contribution < -0.4 is 5.32 Å². The number of carbonyl (C=O) groups is 2. The number of ether oxygens (including phenoxy) is 1. The van der Waals surface area contributed by atoms with Crippen molar-refractivity contribution in [3.05, 3.63) is 0 Å². The van der Waals surface area contributed by atoms with Gasteiger partial charge in [0.05, 0.1) is 0 Å². The molecule has 0 rings (SSSR count). The minimum absolute atomic E-state index is 0.115. The molecule has 0 aromatic heterocycles. The van der Waals surface area contributed by atoms with E-state index in [4.69, 9.17) is 39.9 Å². The molecule has 0 aromatic rings. The molecule has 100 valence electrons. The molecule has 5 nitrogen and oxygen atoms in total. The number of carboxylic acids is 1. The number of hydrogen-bond acceptors (Lipinski definition) is 3. The summed E-state index contributed by atoms with van der Waals surface area (Å²) in [6.07, 6.45) is -0.637. The van der Waals surface area contributed by atoms with Gasteiger partial charge in [-0.2, -0.15) is 0 Å². The van der Waals surface area contributed by atoms with Gasteiger partial charge in [-0.15, -0.1) is 0 Å². The largest absolute Gasteiger partial charge is 0.480 e. The summed E-state index contributed by atoms with van der Waals surface area (Å²) < 4.78 is 2.85. The Morgan fingerprint density at radius 3 is 2.24 bits per heavy atom. The number of amides is 1. The van der Waals surface area contributed by atoms with Crippen molar-refractivity contribution in [3.8, 4) is 0 Å². The maximum atomic E-state index is 11.2. The first kappa shape index (κ1) is 16.6. The van der Waals surface area contributed by atoms with E-state index in [0.29, 0.717) is 0 Å². The molecule has 1 amide bonds. The highest BCUT2D eigenvalue weighted by molar-refractivity contribution is 6.67. The zero-order valence-corrected chi connectivity index (χ0v) is 11.6. The van der Waals surface area contributed by atoms with Gasteiger partial charge in [0, 0.05) is 0 Å². The molecule has 0 saturated heterocycles. The highest BCUT2D eigenvalue weighted by Crippen LogP contribution is 2.25. The van der Waals surface area contributed by atoms with E-state index in [9.17, 15) is 9.59 Å². The SMILES string of the molecule is CC(C)CC(NC(=O)OCC(Cl)(Cl)Cl)C(=O)O. The third kappa shape index (κ3) is 9.32. The normalized spacial score (nSPS) is 13.3. The number of carbonyl (C=O) groups excluding carboxylic acids is 1. The molecular formula is C9H14Cl3NO4. The van der Waals surface area contributed by atoms with Crippen LogP contribution in [0.25, 0.3) is 0 Å². The van der Waals surface area contributed by atoms with Gasteiger partial charge in [-0.25, -0.2) is 9.59 Å². The van der Waals surface area contributed by atoms with Crippen LogP contribution in [0.2, 0.25) is 0 Å². The fourth-order valence-corrected chi connectivity index (χ4v) is 1.19. The molecule has 0 fully saturated rings. The van der Waals surface area contributed by atoms with Crippen LogP contribution in [-0.4, -0.2) is 33.6 Å². The van der Waals surface area contributed by atoms with Gasteiger partial charge in [0.1, 0.15) is 12.6 Å². The van der Waals surface area contributed by atoms with Crippen molar-refractivity contribution < 1.29 is 19.4 Å². The molecule has 2 N–H and O–H groups in total. The van der Waals surface area contributed by atoms with E-state index < -0.39 is 28.5 Å². The van der Waals surface area contributed by atoms with E-state index >= 15 is 0 Å². The van der Waals surface area contributed by atoms with Crippen LogP contribution >= 0.6 is 34.8 Å². The van der Waals surface area contributed by atoms with Gasteiger partial charge in [-0.05, 0) is 12.3 Å². The fourth-order valence-electron chi connectivity index (χ4n) is 1.02. The van der Waals surface area contributed by atoms with Crippen LogP contribution in [0.3, 0.4) is 0 Å². The Labute approximate surface area is 114 Å². The Hall–Kier alpha value is -0.390. The average molecular weight is 307 g/mol. The summed E-state index contributed by atoms with van der Waals surface area (Å²) in [7, 11) is 0. The first-order valence-corrected chi connectivity index (χ1v) is 5.98. The van der Waals surface area contributed by atoms with Crippen molar-refractivity contribution in [3.63, 3.8) is 0 Å². The van der Waals surface area contributed by atoms with Crippen molar-refractivity contribution in [2.75, 3.05) is 6.61 Å². The maximum absolute atomic E-state index is 11.2. The number of carboxylic acid groups (broad SMARTS) is 1. The Bertz CT molecular complexity index is 278. The zero-order chi connectivity index (χ0) is 13.6. The number of alkyl halides is 3. The van der Waals surface area contributed by atoms with E-state index in [1.54, 1.807) is 0 Å². The molecule has 0 radical (unpaired) electrons. The standard InChI is InChI=1S/C9H14Cl3NO4/c1-5(2)3-6(7(14)15)13-8(16)17-4-9(10,11)12/h5-6H,3-4H2,1-2H3,(H,13,16)(H,14,15). The van der Waals surface area contributed by atoms with Crippen molar-refractivity contribution in [1.29, 1.82) is 0 Å². The summed E-state index contributed by atoms with van der Waals surface area (Å²) in [5, 5.41) is 11.0. The van der Waals surface area contributed by atoms with E-state index in [1.165, 1.54) is 0 Å². The zero-order valence-electron chi connectivity index (χ0n) is 9.37. The third-order valence-corrected chi connectivity index (χ3v) is 1.99. The van der Waals surface area contributed by atoms with Gasteiger partial charge in [0.15, 0.2) is 0 Å². The van der Waals surface area contributed by atoms with Gasteiger partial charge in [0.2, 0.25) is 3.79 Å². The van der Waals surface area contributed by atoms with Gasteiger partial charge in [-0.1, -0.05) is 48.7 Å². The summed E-state index contributed by atoms with van der Waals surface area (Å²) in [5.41, 5.74) is 0. The minimum Gasteiger partial charge on any atom is -0.480 e. The fraction of sp³-hybridized carbons (Fsp3) is 0.778. The number of rotatable bonds is 5. The third-order valence-electron chi connectivity index (χ3n) is 1.66. The summed E-state index contributed by atoms with van der Waals surface area (Å²) in [6.45, 7) is 3.23. The van der Waals surface area contributed by atoms with Gasteiger partial charge in [0.25, 0.3) is 0 Å². The molecule has 1 atom stereocenters. The van der Waals surface area contributed by atoms with Crippen molar-refractivity contribution in [2.45, 2.75) is 30.1 Å². The summed E-state index contributed by atoms with van der Waals surface area (Å²) in [4.78, 5) is 22.0. The quantitative estimate of drug-likeness (QED) is 0.766. The Kier molecular flexibility index (Phi) is 6.97. The second kappa shape index (κ2) is 7.13.